The first kappa shape index (κ1) is 21.0. The molecule has 4 nitrogen and oxygen atoms in total. The third-order valence-electron chi connectivity index (χ3n) is 8.22. The minimum atomic E-state index is 0.198. The molecule has 2 unspecified atom stereocenters. The summed E-state index contributed by atoms with van der Waals surface area (Å²) < 4.78 is 6.22. The first-order valence-electron chi connectivity index (χ1n) is 12.8. The Morgan fingerprint density at radius 2 is 1.55 bits per heavy atom. The zero-order valence-electron chi connectivity index (χ0n) is 18.8. The third-order valence-corrected chi connectivity index (χ3v) is 8.22. The van der Waals surface area contributed by atoms with Gasteiger partial charge in [0.05, 0.1) is 6.10 Å². The van der Waals surface area contributed by atoms with E-state index in [4.69, 9.17) is 4.74 Å². The van der Waals surface area contributed by atoms with Gasteiger partial charge in [-0.05, 0) is 100 Å². The molecule has 1 heterocycles. The van der Waals surface area contributed by atoms with Crippen molar-refractivity contribution in [3.63, 3.8) is 0 Å². The molecule has 3 aliphatic carbocycles. The SMILES string of the molecule is O=C(CC1CCC(Oc2ccc(C(=O)N3CCCC4CCCCC43)cc2)CC1)C1CC1. The quantitative estimate of drug-likeness (QED) is 0.582. The number of fused-ring (bicyclic) bond motifs is 1. The molecule has 1 aromatic carbocycles. The average molecular weight is 424 g/mol. The Hall–Kier alpha value is -1.84. The highest BCUT2D eigenvalue weighted by molar-refractivity contribution is 5.94. The molecular weight excluding hydrogens is 386 g/mol. The topological polar surface area (TPSA) is 46.6 Å². The van der Waals surface area contributed by atoms with Gasteiger partial charge in [-0.25, -0.2) is 0 Å². The minimum Gasteiger partial charge on any atom is -0.490 e. The summed E-state index contributed by atoms with van der Waals surface area (Å²) in [7, 11) is 0. The summed E-state index contributed by atoms with van der Waals surface area (Å²) in [5.74, 6) is 3.22. The van der Waals surface area contributed by atoms with Gasteiger partial charge < -0.3 is 9.64 Å². The van der Waals surface area contributed by atoms with Crippen LogP contribution in [0.2, 0.25) is 0 Å². The number of ketones is 1. The van der Waals surface area contributed by atoms with Crippen molar-refractivity contribution in [1.82, 2.24) is 4.90 Å². The normalized spacial score (nSPS) is 31.0. The van der Waals surface area contributed by atoms with Crippen LogP contribution >= 0.6 is 0 Å². The van der Waals surface area contributed by atoms with Gasteiger partial charge in [-0.3, -0.25) is 9.59 Å². The molecule has 31 heavy (non-hydrogen) atoms. The monoisotopic (exact) mass is 423 g/mol. The van der Waals surface area contributed by atoms with Crippen LogP contribution in [0.3, 0.4) is 0 Å². The summed E-state index contributed by atoms with van der Waals surface area (Å²) in [6.07, 6.45) is 15.0. The Kier molecular flexibility index (Phi) is 6.34. The standard InChI is InChI=1S/C27H37NO3/c29-26(21-9-10-21)18-19-7-13-23(14-8-19)31-24-15-11-22(12-16-24)27(30)28-17-3-5-20-4-1-2-6-25(20)28/h11-12,15-16,19-21,23,25H,1-10,13-14,17-18H2. The van der Waals surface area contributed by atoms with Crippen LogP contribution in [0.25, 0.3) is 0 Å². The summed E-state index contributed by atoms with van der Waals surface area (Å²) in [5, 5.41) is 0. The fourth-order valence-corrected chi connectivity index (χ4v) is 6.22. The Morgan fingerprint density at radius 3 is 2.29 bits per heavy atom. The van der Waals surface area contributed by atoms with E-state index in [0.717, 1.165) is 69.2 Å². The van der Waals surface area contributed by atoms with Gasteiger partial charge in [0, 0.05) is 30.5 Å². The number of carbonyl (C=O) groups excluding carboxylic acids is 2. The molecule has 3 saturated carbocycles. The Balaban J connectivity index is 1.12. The summed E-state index contributed by atoms with van der Waals surface area (Å²) in [5.41, 5.74) is 0.792. The molecule has 4 aliphatic rings. The van der Waals surface area contributed by atoms with Crippen LogP contribution in [-0.4, -0.2) is 35.3 Å². The van der Waals surface area contributed by atoms with Gasteiger partial charge in [-0.15, -0.1) is 0 Å². The Bertz CT molecular complexity index is 774. The summed E-state index contributed by atoms with van der Waals surface area (Å²) in [4.78, 5) is 27.4. The highest BCUT2D eigenvalue weighted by Gasteiger charge is 2.36. The van der Waals surface area contributed by atoms with Crippen molar-refractivity contribution >= 4 is 11.7 Å². The number of rotatable bonds is 6. The molecule has 1 aliphatic heterocycles. The number of piperidine rings is 1. The van der Waals surface area contributed by atoms with Crippen molar-refractivity contribution < 1.29 is 14.3 Å². The van der Waals surface area contributed by atoms with Gasteiger partial charge in [-0.2, -0.15) is 0 Å². The molecule has 1 saturated heterocycles. The van der Waals surface area contributed by atoms with Crippen LogP contribution in [0.15, 0.2) is 24.3 Å². The van der Waals surface area contributed by atoms with E-state index in [9.17, 15) is 9.59 Å². The largest absolute Gasteiger partial charge is 0.490 e. The van der Waals surface area contributed by atoms with Crippen LogP contribution in [0.5, 0.6) is 5.75 Å². The second kappa shape index (κ2) is 9.34. The fraction of sp³-hybridized carbons (Fsp3) is 0.704. The van der Waals surface area contributed by atoms with Crippen molar-refractivity contribution in [2.75, 3.05) is 6.54 Å². The lowest BCUT2D eigenvalue weighted by atomic mass is 9.78. The van der Waals surface area contributed by atoms with Gasteiger partial charge >= 0.3 is 0 Å². The Morgan fingerprint density at radius 1 is 0.839 bits per heavy atom. The second-order valence-electron chi connectivity index (χ2n) is 10.5. The van der Waals surface area contributed by atoms with Crippen molar-refractivity contribution in [1.29, 1.82) is 0 Å². The summed E-state index contributed by atoms with van der Waals surface area (Å²) in [6, 6.07) is 8.29. The third kappa shape index (κ3) is 4.99. The minimum absolute atomic E-state index is 0.198. The van der Waals surface area contributed by atoms with Gasteiger partial charge in [0.15, 0.2) is 0 Å². The predicted molar refractivity (Wildman–Crippen MR) is 121 cm³/mol. The molecule has 2 atom stereocenters. The second-order valence-corrected chi connectivity index (χ2v) is 10.5. The first-order valence-corrected chi connectivity index (χ1v) is 12.8. The van der Waals surface area contributed by atoms with Crippen LogP contribution in [0, 0.1) is 17.8 Å². The van der Waals surface area contributed by atoms with Crippen LogP contribution in [0.1, 0.15) is 93.8 Å². The molecule has 0 spiro atoms. The number of amides is 1. The van der Waals surface area contributed by atoms with Gasteiger partial charge in [-0.1, -0.05) is 12.8 Å². The van der Waals surface area contributed by atoms with Gasteiger partial charge in [0.2, 0.25) is 0 Å². The summed E-state index contributed by atoms with van der Waals surface area (Å²) in [6.45, 7) is 0.907. The summed E-state index contributed by atoms with van der Waals surface area (Å²) >= 11 is 0. The number of carbonyl (C=O) groups is 2. The highest BCUT2D eigenvalue weighted by Crippen LogP contribution is 2.37. The van der Waals surface area contributed by atoms with Crippen LogP contribution < -0.4 is 4.74 Å². The molecule has 1 amide bonds. The zero-order chi connectivity index (χ0) is 21.2. The molecule has 0 aromatic heterocycles. The maximum Gasteiger partial charge on any atom is 0.254 e. The molecule has 5 rings (SSSR count). The maximum atomic E-state index is 13.2. The van der Waals surface area contributed by atoms with E-state index in [0.29, 0.717) is 29.6 Å². The number of nitrogens with zero attached hydrogens (tertiary/aromatic N) is 1. The number of ether oxygens (including phenoxy) is 1. The van der Waals surface area contributed by atoms with Crippen LogP contribution in [-0.2, 0) is 4.79 Å². The average Bonchev–Trinajstić information content (AvgIpc) is 3.66. The lowest BCUT2D eigenvalue weighted by Gasteiger charge is -2.44. The lowest BCUT2D eigenvalue weighted by Crippen LogP contribution is -2.49. The molecule has 4 fully saturated rings. The van der Waals surface area contributed by atoms with Gasteiger partial charge in [0.1, 0.15) is 11.5 Å². The lowest BCUT2D eigenvalue weighted by molar-refractivity contribution is -0.121. The molecule has 4 heteroatoms. The van der Waals surface area contributed by atoms with Crippen molar-refractivity contribution in [2.45, 2.75) is 95.6 Å². The van der Waals surface area contributed by atoms with E-state index < -0.39 is 0 Å². The smallest absolute Gasteiger partial charge is 0.254 e. The molecule has 0 radical (unpaired) electrons. The molecule has 168 valence electrons. The van der Waals surface area contributed by atoms with E-state index in [1.807, 2.05) is 24.3 Å². The first-order chi connectivity index (χ1) is 15.2. The van der Waals surface area contributed by atoms with E-state index >= 15 is 0 Å². The molecule has 1 aromatic rings. The van der Waals surface area contributed by atoms with E-state index in [1.54, 1.807) is 0 Å². The number of benzene rings is 1. The van der Waals surface area contributed by atoms with E-state index in [1.165, 1.54) is 32.1 Å². The molecule has 0 N–H and O–H groups in total. The highest BCUT2D eigenvalue weighted by atomic mass is 16.5. The number of Topliss-reactive ketones (excluding diaryl/α,β-unsaturated/α-hetero) is 1. The molecular formula is C27H37NO3. The van der Waals surface area contributed by atoms with Gasteiger partial charge in [0.25, 0.3) is 5.91 Å². The van der Waals surface area contributed by atoms with E-state index in [-0.39, 0.29) is 12.0 Å². The zero-order valence-corrected chi connectivity index (χ0v) is 18.8. The fourth-order valence-electron chi connectivity index (χ4n) is 6.22. The predicted octanol–water partition coefficient (Wildman–Crippen LogP) is 5.79. The molecule has 0 bridgehead atoms. The maximum absolute atomic E-state index is 13.2. The van der Waals surface area contributed by atoms with E-state index in [2.05, 4.69) is 4.90 Å². The van der Waals surface area contributed by atoms with Crippen molar-refractivity contribution in [2.24, 2.45) is 17.8 Å². The van der Waals surface area contributed by atoms with Crippen molar-refractivity contribution in [3.05, 3.63) is 29.8 Å². The number of likely N-dealkylation sites (tertiary alicyclic amines) is 1. The number of hydrogen-bond acceptors (Lipinski definition) is 3. The number of hydrogen-bond donors (Lipinski definition) is 0. The van der Waals surface area contributed by atoms with Crippen molar-refractivity contribution in [3.8, 4) is 5.75 Å². The Labute approximate surface area is 186 Å². The van der Waals surface area contributed by atoms with Crippen LogP contribution in [0.4, 0.5) is 0 Å².